The zero-order valence-electron chi connectivity index (χ0n) is 14.1. The first-order valence-corrected chi connectivity index (χ1v) is 8.52. The lowest BCUT2D eigenvalue weighted by atomic mass is 10.0. The predicted octanol–water partition coefficient (Wildman–Crippen LogP) is 2.98. The first kappa shape index (κ1) is 17.0. The van der Waals surface area contributed by atoms with E-state index in [0.717, 1.165) is 16.1 Å². The predicted molar refractivity (Wildman–Crippen MR) is 96.7 cm³/mol. The lowest BCUT2D eigenvalue weighted by molar-refractivity contribution is 0.0520. The van der Waals surface area contributed by atoms with E-state index in [0.29, 0.717) is 11.4 Å². The number of hydrogen-bond donors (Lipinski definition) is 1. The van der Waals surface area contributed by atoms with Gasteiger partial charge in [-0.15, -0.1) is 11.3 Å². The van der Waals surface area contributed by atoms with Crippen molar-refractivity contribution < 1.29 is 14.3 Å². The third-order valence-electron chi connectivity index (χ3n) is 3.69. The lowest BCUT2D eigenvalue weighted by Gasteiger charge is -2.11. The van der Waals surface area contributed by atoms with Crippen LogP contribution in [-0.2, 0) is 11.8 Å². The third kappa shape index (κ3) is 3.08. The topological polar surface area (TPSA) is 92.3 Å². The highest BCUT2D eigenvalue weighted by Gasteiger charge is 2.24. The highest BCUT2D eigenvalue weighted by molar-refractivity contribution is 7.13. The number of nitrogens with two attached hydrogens (primary N) is 1. The molecular weight excluding hydrogens is 340 g/mol. The Morgan fingerprint density at radius 3 is 2.84 bits per heavy atom. The Balaban J connectivity index is 2.15. The molecule has 0 spiro atoms. The van der Waals surface area contributed by atoms with Gasteiger partial charge in [-0.3, -0.25) is 4.68 Å². The van der Waals surface area contributed by atoms with E-state index in [1.54, 1.807) is 32.0 Å². The minimum Gasteiger partial charge on any atom is -0.496 e. The van der Waals surface area contributed by atoms with Crippen molar-refractivity contribution in [3.05, 3.63) is 35.5 Å². The van der Waals surface area contributed by atoms with Crippen LogP contribution in [0.3, 0.4) is 0 Å². The quantitative estimate of drug-likeness (QED) is 0.705. The third-order valence-corrected chi connectivity index (χ3v) is 4.51. The van der Waals surface area contributed by atoms with Gasteiger partial charge in [0.05, 0.1) is 25.1 Å². The van der Waals surface area contributed by atoms with Crippen molar-refractivity contribution in [3.63, 3.8) is 0 Å². The molecule has 0 aliphatic rings. The number of aryl methyl sites for hydroxylation is 1. The van der Waals surface area contributed by atoms with Gasteiger partial charge in [-0.05, 0) is 25.1 Å². The number of thiazole rings is 1. The molecule has 0 amide bonds. The summed E-state index contributed by atoms with van der Waals surface area (Å²) in [7, 11) is 3.31. The van der Waals surface area contributed by atoms with Crippen molar-refractivity contribution in [2.45, 2.75) is 6.92 Å². The molecule has 7 nitrogen and oxygen atoms in total. The molecule has 25 heavy (non-hydrogen) atoms. The summed E-state index contributed by atoms with van der Waals surface area (Å²) < 4.78 is 12.0. The Hall–Kier alpha value is -2.87. The number of anilines is 1. The fourth-order valence-electron chi connectivity index (χ4n) is 2.60. The lowest BCUT2D eigenvalue weighted by Crippen LogP contribution is -2.08. The maximum atomic E-state index is 12.1. The van der Waals surface area contributed by atoms with Crippen LogP contribution >= 0.6 is 11.3 Å². The number of benzene rings is 1. The SMILES string of the molecule is CCOC(=O)c1nn(C)c(-c2cc(-c3nccs3)ccc2OC)c1N. The maximum absolute atomic E-state index is 12.1. The van der Waals surface area contributed by atoms with Gasteiger partial charge in [-0.1, -0.05) is 0 Å². The van der Waals surface area contributed by atoms with E-state index in [4.69, 9.17) is 15.2 Å². The van der Waals surface area contributed by atoms with Crippen LogP contribution < -0.4 is 10.5 Å². The second-order valence-electron chi connectivity index (χ2n) is 5.21. The van der Waals surface area contributed by atoms with Gasteiger partial charge in [0, 0.05) is 29.8 Å². The van der Waals surface area contributed by atoms with E-state index in [1.165, 1.54) is 11.3 Å². The van der Waals surface area contributed by atoms with Crippen LogP contribution in [0.4, 0.5) is 5.69 Å². The molecular formula is C17H18N4O3S. The number of methoxy groups -OCH3 is 1. The summed E-state index contributed by atoms with van der Waals surface area (Å²) >= 11 is 1.54. The molecule has 130 valence electrons. The summed E-state index contributed by atoms with van der Waals surface area (Å²) in [4.78, 5) is 16.4. The van der Waals surface area contributed by atoms with Gasteiger partial charge >= 0.3 is 5.97 Å². The van der Waals surface area contributed by atoms with Gasteiger partial charge in [-0.2, -0.15) is 5.10 Å². The second-order valence-corrected chi connectivity index (χ2v) is 6.10. The zero-order valence-corrected chi connectivity index (χ0v) is 15.0. The standard InChI is InChI=1S/C17H18N4O3S/c1-4-24-17(22)14-13(18)15(21(2)20-14)11-9-10(5-6-12(11)23-3)16-19-7-8-25-16/h5-9H,4,18H2,1-3H3. The van der Waals surface area contributed by atoms with Gasteiger partial charge < -0.3 is 15.2 Å². The Morgan fingerprint density at radius 1 is 1.40 bits per heavy atom. The van der Waals surface area contributed by atoms with E-state index >= 15 is 0 Å². The number of aromatic nitrogens is 3. The van der Waals surface area contributed by atoms with Gasteiger partial charge in [0.2, 0.25) is 0 Å². The molecule has 0 aliphatic carbocycles. The largest absolute Gasteiger partial charge is 0.496 e. The van der Waals surface area contributed by atoms with Crippen LogP contribution in [0.2, 0.25) is 0 Å². The fourth-order valence-corrected chi connectivity index (χ4v) is 3.24. The average Bonchev–Trinajstić information content (AvgIpc) is 3.23. The molecule has 0 atom stereocenters. The molecule has 2 N–H and O–H groups in total. The summed E-state index contributed by atoms with van der Waals surface area (Å²) in [5.74, 6) is 0.0855. The molecule has 2 heterocycles. The van der Waals surface area contributed by atoms with E-state index in [9.17, 15) is 4.79 Å². The van der Waals surface area contributed by atoms with Crippen LogP contribution in [0.5, 0.6) is 5.75 Å². The molecule has 2 aromatic heterocycles. The summed E-state index contributed by atoms with van der Waals surface area (Å²) in [6.07, 6.45) is 1.75. The number of nitrogen functional groups attached to an aromatic ring is 1. The molecule has 0 bridgehead atoms. The second kappa shape index (κ2) is 6.94. The van der Waals surface area contributed by atoms with E-state index in [1.807, 2.05) is 23.6 Å². The maximum Gasteiger partial charge on any atom is 0.361 e. The molecule has 0 saturated heterocycles. The van der Waals surface area contributed by atoms with Crippen molar-refractivity contribution >= 4 is 23.0 Å². The number of carbonyl (C=O) groups excluding carboxylic acids is 1. The van der Waals surface area contributed by atoms with Gasteiger partial charge in [-0.25, -0.2) is 9.78 Å². The van der Waals surface area contributed by atoms with Crippen molar-refractivity contribution in [1.82, 2.24) is 14.8 Å². The summed E-state index contributed by atoms with van der Waals surface area (Å²) in [5, 5.41) is 7.02. The Kier molecular flexibility index (Phi) is 4.71. The smallest absolute Gasteiger partial charge is 0.361 e. The molecule has 0 radical (unpaired) electrons. The Labute approximate surface area is 149 Å². The van der Waals surface area contributed by atoms with Gasteiger partial charge in [0.15, 0.2) is 5.69 Å². The number of nitrogens with zero attached hydrogens (tertiary/aromatic N) is 3. The number of carbonyl (C=O) groups is 1. The molecule has 3 rings (SSSR count). The molecule has 1 aromatic carbocycles. The van der Waals surface area contributed by atoms with E-state index in [-0.39, 0.29) is 18.0 Å². The zero-order chi connectivity index (χ0) is 18.0. The minimum atomic E-state index is -0.545. The normalized spacial score (nSPS) is 10.7. The van der Waals surface area contributed by atoms with Crippen molar-refractivity contribution in [1.29, 1.82) is 0 Å². The van der Waals surface area contributed by atoms with Crippen LogP contribution in [-0.4, -0.2) is 34.5 Å². The first-order valence-electron chi connectivity index (χ1n) is 7.64. The van der Waals surface area contributed by atoms with Crippen LogP contribution in [0.1, 0.15) is 17.4 Å². The van der Waals surface area contributed by atoms with Crippen LogP contribution in [0, 0.1) is 0 Å². The fraction of sp³-hybridized carbons (Fsp3) is 0.235. The average molecular weight is 358 g/mol. The van der Waals surface area contributed by atoms with Gasteiger partial charge in [0.1, 0.15) is 10.8 Å². The first-order chi connectivity index (χ1) is 12.1. The van der Waals surface area contributed by atoms with E-state index < -0.39 is 5.97 Å². The minimum absolute atomic E-state index is 0.0982. The summed E-state index contributed by atoms with van der Waals surface area (Å²) in [6, 6.07) is 5.71. The number of esters is 1. The van der Waals surface area contributed by atoms with Crippen molar-refractivity contribution in [3.8, 4) is 27.6 Å². The van der Waals surface area contributed by atoms with E-state index in [2.05, 4.69) is 10.1 Å². The van der Waals surface area contributed by atoms with Crippen molar-refractivity contribution in [2.75, 3.05) is 19.5 Å². The molecule has 3 aromatic rings. The van der Waals surface area contributed by atoms with Gasteiger partial charge in [0.25, 0.3) is 0 Å². The number of hydrogen-bond acceptors (Lipinski definition) is 7. The monoisotopic (exact) mass is 358 g/mol. The highest BCUT2D eigenvalue weighted by atomic mass is 32.1. The van der Waals surface area contributed by atoms with Crippen LogP contribution in [0.15, 0.2) is 29.8 Å². The summed E-state index contributed by atoms with van der Waals surface area (Å²) in [5.41, 5.74) is 8.83. The molecule has 0 fully saturated rings. The number of rotatable bonds is 5. The van der Waals surface area contributed by atoms with Crippen molar-refractivity contribution in [2.24, 2.45) is 7.05 Å². The van der Waals surface area contributed by atoms with Crippen LogP contribution in [0.25, 0.3) is 21.8 Å². The Bertz CT molecular complexity index is 903. The highest BCUT2D eigenvalue weighted by Crippen LogP contribution is 2.38. The molecule has 0 saturated carbocycles. The molecule has 0 unspecified atom stereocenters. The Morgan fingerprint density at radius 2 is 2.20 bits per heavy atom. The number of ether oxygens (including phenoxy) is 2. The molecule has 8 heteroatoms. The summed E-state index contributed by atoms with van der Waals surface area (Å²) in [6.45, 7) is 1.99. The molecule has 0 aliphatic heterocycles.